The van der Waals surface area contributed by atoms with Gasteiger partial charge in [0.2, 0.25) is 0 Å². The van der Waals surface area contributed by atoms with Gasteiger partial charge in [-0.25, -0.2) is 0 Å². The summed E-state index contributed by atoms with van der Waals surface area (Å²) in [6, 6.07) is 4.25. The molecular weight excluding hydrogens is 218 g/mol. The van der Waals surface area contributed by atoms with Crippen molar-refractivity contribution < 1.29 is 0 Å². The SMILES string of the molecule is CCn1nccc1CNCCc1ccsc1. The topological polar surface area (TPSA) is 29.9 Å². The summed E-state index contributed by atoms with van der Waals surface area (Å²) < 4.78 is 2.03. The first-order valence-electron chi connectivity index (χ1n) is 5.62. The third-order valence-corrected chi connectivity index (χ3v) is 3.31. The normalized spacial score (nSPS) is 10.8. The van der Waals surface area contributed by atoms with Crippen LogP contribution in [0.1, 0.15) is 18.2 Å². The summed E-state index contributed by atoms with van der Waals surface area (Å²) in [5, 5.41) is 12.0. The Morgan fingerprint density at radius 2 is 2.38 bits per heavy atom. The summed E-state index contributed by atoms with van der Waals surface area (Å²) in [4.78, 5) is 0. The van der Waals surface area contributed by atoms with Crippen LogP contribution in [0.5, 0.6) is 0 Å². The monoisotopic (exact) mass is 235 g/mol. The Bertz CT molecular complexity index is 406. The van der Waals surface area contributed by atoms with Crippen molar-refractivity contribution >= 4 is 11.3 Å². The zero-order chi connectivity index (χ0) is 11.2. The Morgan fingerprint density at radius 1 is 1.44 bits per heavy atom. The Kier molecular flexibility index (Phi) is 4.13. The van der Waals surface area contributed by atoms with Gasteiger partial charge in [-0.05, 0) is 48.3 Å². The number of nitrogens with zero attached hydrogens (tertiary/aromatic N) is 2. The number of hydrogen-bond donors (Lipinski definition) is 1. The van der Waals surface area contributed by atoms with Crippen LogP contribution < -0.4 is 5.32 Å². The fraction of sp³-hybridized carbons (Fsp3) is 0.417. The van der Waals surface area contributed by atoms with Crippen molar-refractivity contribution in [3.63, 3.8) is 0 Å². The molecule has 2 aromatic rings. The first-order valence-corrected chi connectivity index (χ1v) is 6.57. The summed E-state index contributed by atoms with van der Waals surface area (Å²) in [6.07, 6.45) is 2.96. The number of rotatable bonds is 6. The summed E-state index contributed by atoms with van der Waals surface area (Å²) in [5.41, 5.74) is 2.68. The van der Waals surface area contributed by atoms with Gasteiger partial charge in [0.15, 0.2) is 0 Å². The van der Waals surface area contributed by atoms with Gasteiger partial charge in [0.05, 0.1) is 5.69 Å². The maximum absolute atomic E-state index is 4.24. The molecule has 2 aromatic heterocycles. The minimum absolute atomic E-state index is 0.901. The molecule has 0 aliphatic heterocycles. The molecule has 0 aromatic carbocycles. The molecule has 4 heteroatoms. The molecule has 0 saturated heterocycles. The van der Waals surface area contributed by atoms with Crippen molar-refractivity contribution in [3.05, 3.63) is 40.3 Å². The first kappa shape index (κ1) is 11.4. The van der Waals surface area contributed by atoms with E-state index in [0.29, 0.717) is 0 Å². The second-order valence-corrected chi connectivity index (χ2v) is 4.48. The van der Waals surface area contributed by atoms with Crippen molar-refractivity contribution in [2.75, 3.05) is 6.54 Å². The molecule has 0 aliphatic carbocycles. The predicted octanol–water partition coefficient (Wildman–Crippen LogP) is 2.30. The zero-order valence-corrected chi connectivity index (χ0v) is 10.3. The fourth-order valence-electron chi connectivity index (χ4n) is 1.68. The van der Waals surface area contributed by atoms with Crippen LogP contribution in [0.4, 0.5) is 0 Å². The fourth-order valence-corrected chi connectivity index (χ4v) is 2.38. The third kappa shape index (κ3) is 2.93. The lowest BCUT2D eigenvalue weighted by Crippen LogP contribution is -2.19. The van der Waals surface area contributed by atoms with Gasteiger partial charge in [-0.1, -0.05) is 0 Å². The average molecular weight is 235 g/mol. The van der Waals surface area contributed by atoms with Crippen molar-refractivity contribution in [2.45, 2.75) is 26.4 Å². The molecule has 0 atom stereocenters. The Labute approximate surface area is 100 Å². The molecule has 2 heterocycles. The first-order chi connectivity index (χ1) is 7.90. The van der Waals surface area contributed by atoms with Crippen LogP contribution in [-0.2, 0) is 19.5 Å². The molecule has 3 nitrogen and oxygen atoms in total. The molecule has 1 N–H and O–H groups in total. The van der Waals surface area contributed by atoms with Gasteiger partial charge < -0.3 is 5.32 Å². The van der Waals surface area contributed by atoms with Gasteiger partial charge in [0, 0.05) is 19.3 Å². The zero-order valence-electron chi connectivity index (χ0n) is 9.52. The highest BCUT2D eigenvalue weighted by Crippen LogP contribution is 2.06. The lowest BCUT2D eigenvalue weighted by Gasteiger charge is -2.06. The van der Waals surface area contributed by atoms with Gasteiger partial charge in [-0.2, -0.15) is 16.4 Å². The Hall–Kier alpha value is -1.13. The minimum atomic E-state index is 0.901. The van der Waals surface area contributed by atoms with Gasteiger partial charge in [0.25, 0.3) is 0 Å². The minimum Gasteiger partial charge on any atom is -0.311 e. The summed E-state index contributed by atoms with van der Waals surface area (Å²) in [7, 11) is 0. The summed E-state index contributed by atoms with van der Waals surface area (Å²) >= 11 is 1.76. The van der Waals surface area contributed by atoms with E-state index in [1.165, 1.54) is 11.3 Å². The maximum Gasteiger partial charge on any atom is 0.0521 e. The molecule has 2 rings (SSSR count). The molecule has 0 aliphatic rings. The largest absolute Gasteiger partial charge is 0.311 e. The van der Waals surface area contributed by atoms with E-state index in [9.17, 15) is 0 Å². The van der Waals surface area contributed by atoms with Crippen LogP contribution in [0.2, 0.25) is 0 Å². The van der Waals surface area contributed by atoms with E-state index in [-0.39, 0.29) is 0 Å². The van der Waals surface area contributed by atoms with Crippen LogP contribution in [0, 0.1) is 0 Å². The van der Waals surface area contributed by atoms with Crippen LogP contribution in [0.25, 0.3) is 0 Å². The number of nitrogens with one attached hydrogen (secondary N) is 1. The van der Waals surface area contributed by atoms with Gasteiger partial charge >= 0.3 is 0 Å². The highest BCUT2D eigenvalue weighted by atomic mass is 32.1. The van der Waals surface area contributed by atoms with Crippen LogP contribution in [-0.4, -0.2) is 16.3 Å². The quantitative estimate of drug-likeness (QED) is 0.779. The molecule has 0 bridgehead atoms. The van der Waals surface area contributed by atoms with Gasteiger partial charge in [-0.3, -0.25) is 4.68 Å². The van der Waals surface area contributed by atoms with Gasteiger partial charge in [-0.15, -0.1) is 0 Å². The number of aromatic nitrogens is 2. The highest BCUT2D eigenvalue weighted by Gasteiger charge is 1.99. The highest BCUT2D eigenvalue weighted by molar-refractivity contribution is 7.07. The van der Waals surface area contributed by atoms with Crippen LogP contribution >= 0.6 is 11.3 Å². The second kappa shape index (κ2) is 5.82. The Balaban J connectivity index is 1.72. The van der Waals surface area contributed by atoms with Crippen molar-refractivity contribution in [1.29, 1.82) is 0 Å². The van der Waals surface area contributed by atoms with Crippen molar-refractivity contribution in [1.82, 2.24) is 15.1 Å². The van der Waals surface area contributed by atoms with Crippen LogP contribution in [0.3, 0.4) is 0 Å². The van der Waals surface area contributed by atoms with Crippen molar-refractivity contribution in [3.8, 4) is 0 Å². The maximum atomic E-state index is 4.24. The standard InChI is InChI=1S/C12H17N3S/c1-2-15-12(4-7-14-15)9-13-6-3-11-5-8-16-10-11/h4-5,7-8,10,13H,2-3,6,9H2,1H3. The molecule has 0 saturated carbocycles. The smallest absolute Gasteiger partial charge is 0.0521 e. The second-order valence-electron chi connectivity index (χ2n) is 3.70. The third-order valence-electron chi connectivity index (χ3n) is 2.58. The van der Waals surface area contributed by atoms with E-state index in [4.69, 9.17) is 0 Å². The van der Waals surface area contributed by atoms with Crippen molar-refractivity contribution in [2.24, 2.45) is 0 Å². The molecule has 0 radical (unpaired) electrons. The molecule has 0 spiro atoms. The van der Waals surface area contributed by atoms with E-state index in [2.05, 4.69) is 40.2 Å². The Morgan fingerprint density at radius 3 is 3.12 bits per heavy atom. The van der Waals surface area contributed by atoms with E-state index in [0.717, 1.165) is 26.1 Å². The molecule has 86 valence electrons. The van der Waals surface area contributed by atoms with E-state index < -0.39 is 0 Å². The number of thiophene rings is 1. The molecule has 0 unspecified atom stereocenters. The average Bonchev–Trinajstić information content (AvgIpc) is 2.95. The molecule has 0 amide bonds. The lowest BCUT2D eigenvalue weighted by atomic mass is 10.2. The predicted molar refractivity (Wildman–Crippen MR) is 67.6 cm³/mol. The molecule has 16 heavy (non-hydrogen) atoms. The summed E-state index contributed by atoms with van der Waals surface area (Å²) in [5.74, 6) is 0. The van der Waals surface area contributed by atoms with Crippen LogP contribution in [0.15, 0.2) is 29.1 Å². The molecule has 0 fully saturated rings. The summed E-state index contributed by atoms with van der Waals surface area (Å²) in [6.45, 7) is 4.97. The lowest BCUT2D eigenvalue weighted by molar-refractivity contribution is 0.582. The number of aryl methyl sites for hydroxylation is 1. The molecular formula is C12H17N3S. The van der Waals surface area contributed by atoms with E-state index in [1.54, 1.807) is 11.3 Å². The van der Waals surface area contributed by atoms with Gasteiger partial charge in [0.1, 0.15) is 0 Å². The van der Waals surface area contributed by atoms with E-state index >= 15 is 0 Å². The number of hydrogen-bond acceptors (Lipinski definition) is 3. The van der Waals surface area contributed by atoms with E-state index in [1.807, 2.05) is 10.9 Å².